The van der Waals surface area contributed by atoms with Gasteiger partial charge in [-0.3, -0.25) is 9.59 Å². The molecule has 3 atom stereocenters. The molecule has 0 aromatic heterocycles. The van der Waals surface area contributed by atoms with E-state index < -0.39 is 18.2 Å². The quantitative estimate of drug-likeness (QED) is 0.0321. The van der Waals surface area contributed by atoms with Gasteiger partial charge in [-0.15, -0.1) is 0 Å². The average Bonchev–Trinajstić information content (AvgIpc) is 3.26. The molecule has 1 amide bonds. The highest BCUT2D eigenvalue weighted by atomic mass is 16.5. The molecular formula is C56H109NO5. The maximum atomic E-state index is 13.2. The fourth-order valence-corrected chi connectivity index (χ4v) is 8.84. The molecule has 0 aromatic carbocycles. The number of esters is 1. The summed E-state index contributed by atoms with van der Waals surface area (Å²) in [5, 5.41) is 23.8. The molecule has 0 aliphatic heterocycles. The Morgan fingerprint density at radius 2 is 0.774 bits per heavy atom. The summed E-state index contributed by atoms with van der Waals surface area (Å²) in [7, 11) is 0. The number of hydrogen-bond donors (Lipinski definition) is 3. The molecule has 6 nitrogen and oxygen atoms in total. The second-order valence-electron chi connectivity index (χ2n) is 19.3. The molecule has 368 valence electrons. The second-order valence-corrected chi connectivity index (χ2v) is 19.3. The highest BCUT2D eigenvalue weighted by Crippen LogP contribution is 2.19. The Balaban J connectivity index is 4.45. The molecule has 0 heterocycles. The molecule has 3 unspecified atom stereocenters. The first-order chi connectivity index (χ1) is 30.5. The largest absolute Gasteiger partial charge is 0.462 e. The first-order valence-corrected chi connectivity index (χ1v) is 27.9. The van der Waals surface area contributed by atoms with Crippen LogP contribution in [0.4, 0.5) is 0 Å². The van der Waals surface area contributed by atoms with Gasteiger partial charge in [0.25, 0.3) is 0 Å². The standard InChI is InChI=1S/C56H109NO5/c1-4-7-10-13-16-19-22-25-26-27-28-29-30-31-34-37-40-43-46-49-56(61)62-52(47-44-41-38-35-32-23-20-17-14-11-8-5-2)50-55(60)57-53(51-58)54(59)48-45-42-39-36-33-24-21-18-15-12-9-6-3/h25-26,52-54,58-59H,4-24,27-51H2,1-3H3,(H,57,60)/b26-25+. The molecule has 0 fully saturated rings. The van der Waals surface area contributed by atoms with Crippen LogP contribution in [-0.2, 0) is 14.3 Å². The Bertz CT molecular complexity index is 939. The Morgan fingerprint density at radius 3 is 1.15 bits per heavy atom. The van der Waals surface area contributed by atoms with Gasteiger partial charge in [-0.2, -0.15) is 0 Å². The van der Waals surface area contributed by atoms with Gasteiger partial charge < -0.3 is 20.3 Å². The summed E-state index contributed by atoms with van der Waals surface area (Å²) < 4.78 is 5.95. The van der Waals surface area contributed by atoms with Crippen molar-refractivity contribution in [3.63, 3.8) is 0 Å². The van der Waals surface area contributed by atoms with Crippen molar-refractivity contribution in [3.8, 4) is 0 Å². The summed E-state index contributed by atoms with van der Waals surface area (Å²) in [6.45, 7) is 6.51. The van der Waals surface area contributed by atoms with Crippen LogP contribution < -0.4 is 5.32 Å². The zero-order valence-electron chi connectivity index (χ0n) is 42.0. The van der Waals surface area contributed by atoms with E-state index in [-0.39, 0.29) is 24.9 Å². The number of aliphatic hydroxyl groups is 2. The number of unbranched alkanes of at least 4 members (excludes halogenated alkanes) is 37. The van der Waals surface area contributed by atoms with Gasteiger partial charge in [0.15, 0.2) is 0 Å². The number of hydrogen-bond acceptors (Lipinski definition) is 5. The Hall–Kier alpha value is -1.40. The van der Waals surface area contributed by atoms with E-state index >= 15 is 0 Å². The molecule has 0 aromatic rings. The summed E-state index contributed by atoms with van der Waals surface area (Å²) in [5.74, 6) is -0.456. The maximum absolute atomic E-state index is 13.2. The van der Waals surface area contributed by atoms with Crippen LogP contribution in [0.2, 0.25) is 0 Å². The summed E-state index contributed by atoms with van der Waals surface area (Å²) in [5.41, 5.74) is 0. The van der Waals surface area contributed by atoms with Crippen molar-refractivity contribution in [2.24, 2.45) is 0 Å². The number of ether oxygens (including phenoxy) is 1. The van der Waals surface area contributed by atoms with Crippen LogP contribution in [-0.4, -0.2) is 46.9 Å². The van der Waals surface area contributed by atoms with Crippen LogP contribution in [0, 0.1) is 0 Å². The highest BCUT2D eigenvalue weighted by Gasteiger charge is 2.24. The molecule has 6 heteroatoms. The fraction of sp³-hybridized carbons (Fsp3) is 0.929. The minimum atomic E-state index is -0.781. The number of carbonyl (C=O) groups excluding carboxylic acids is 2. The first kappa shape index (κ1) is 60.6. The summed E-state index contributed by atoms with van der Waals surface area (Å²) in [4.78, 5) is 26.2. The number of amides is 1. The van der Waals surface area contributed by atoms with Crippen LogP contribution in [0.5, 0.6) is 0 Å². The molecule has 3 N–H and O–H groups in total. The third-order valence-electron chi connectivity index (χ3n) is 13.1. The van der Waals surface area contributed by atoms with Crippen molar-refractivity contribution < 1.29 is 24.5 Å². The van der Waals surface area contributed by atoms with Gasteiger partial charge in [0, 0.05) is 6.42 Å². The Morgan fingerprint density at radius 1 is 0.452 bits per heavy atom. The fourth-order valence-electron chi connectivity index (χ4n) is 8.84. The molecule has 0 saturated carbocycles. The summed E-state index contributed by atoms with van der Waals surface area (Å²) in [6, 6.07) is -0.695. The summed E-state index contributed by atoms with van der Waals surface area (Å²) >= 11 is 0. The van der Waals surface area contributed by atoms with E-state index in [1.165, 1.54) is 218 Å². The second kappa shape index (κ2) is 50.6. The zero-order chi connectivity index (χ0) is 45.2. The normalized spacial score (nSPS) is 13.2. The van der Waals surface area contributed by atoms with Crippen molar-refractivity contribution in [3.05, 3.63) is 12.2 Å². The van der Waals surface area contributed by atoms with Crippen LogP contribution in [0.25, 0.3) is 0 Å². The molecule has 0 bridgehead atoms. The van der Waals surface area contributed by atoms with Crippen LogP contribution in [0.15, 0.2) is 12.2 Å². The third-order valence-corrected chi connectivity index (χ3v) is 13.1. The Kier molecular flexibility index (Phi) is 49.5. The highest BCUT2D eigenvalue weighted by molar-refractivity contribution is 5.77. The predicted octanol–water partition coefficient (Wildman–Crippen LogP) is 16.9. The minimum Gasteiger partial charge on any atom is -0.462 e. The average molecular weight is 876 g/mol. The van der Waals surface area contributed by atoms with E-state index in [0.29, 0.717) is 19.3 Å². The number of rotatable bonds is 51. The summed E-state index contributed by atoms with van der Waals surface area (Å²) in [6.07, 6.45) is 57.0. The first-order valence-electron chi connectivity index (χ1n) is 27.9. The van der Waals surface area contributed by atoms with Gasteiger partial charge in [0.1, 0.15) is 6.10 Å². The van der Waals surface area contributed by atoms with Gasteiger partial charge in [-0.25, -0.2) is 0 Å². The molecule has 0 rings (SSSR count). The van der Waals surface area contributed by atoms with Gasteiger partial charge >= 0.3 is 5.97 Å². The van der Waals surface area contributed by atoms with Gasteiger partial charge in [0.05, 0.1) is 25.2 Å². The topological polar surface area (TPSA) is 95.9 Å². The lowest BCUT2D eigenvalue weighted by molar-refractivity contribution is -0.151. The van der Waals surface area contributed by atoms with E-state index in [4.69, 9.17) is 4.74 Å². The number of nitrogens with one attached hydrogen (secondary N) is 1. The molecule has 0 saturated heterocycles. The lowest BCUT2D eigenvalue weighted by atomic mass is 10.0. The van der Waals surface area contributed by atoms with Crippen LogP contribution in [0.3, 0.4) is 0 Å². The monoisotopic (exact) mass is 876 g/mol. The number of aliphatic hydroxyl groups excluding tert-OH is 2. The molecule has 0 radical (unpaired) electrons. The van der Waals surface area contributed by atoms with E-state index in [1.54, 1.807) is 0 Å². The van der Waals surface area contributed by atoms with Crippen molar-refractivity contribution in [2.45, 2.75) is 328 Å². The molecule has 0 aliphatic carbocycles. The zero-order valence-corrected chi connectivity index (χ0v) is 42.0. The molecule has 0 spiro atoms. The number of carbonyl (C=O) groups is 2. The molecule has 62 heavy (non-hydrogen) atoms. The lowest BCUT2D eigenvalue weighted by Crippen LogP contribution is -2.46. The van der Waals surface area contributed by atoms with E-state index in [9.17, 15) is 19.8 Å². The van der Waals surface area contributed by atoms with Crippen molar-refractivity contribution in [1.29, 1.82) is 0 Å². The minimum absolute atomic E-state index is 0.0844. The van der Waals surface area contributed by atoms with Crippen LogP contribution in [0.1, 0.15) is 310 Å². The lowest BCUT2D eigenvalue weighted by Gasteiger charge is -2.24. The maximum Gasteiger partial charge on any atom is 0.306 e. The van der Waals surface area contributed by atoms with Gasteiger partial charge in [-0.1, -0.05) is 258 Å². The van der Waals surface area contributed by atoms with E-state index in [0.717, 1.165) is 44.9 Å². The smallest absolute Gasteiger partial charge is 0.306 e. The molecular weight excluding hydrogens is 767 g/mol. The third kappa shape index (κ3) is 45.2. The van der Waals surface area contributed by atoms with Crippen molar-refractivity contribution >= 4 is 11.9 Å². The predicted molar refractivity (Wildman–Crippen MR) is 269 cm³/mol. The SMILES string of the molecule is CCCCCCCC/C=C/CCCCCCCCCCCC(=O)OC(CCCCCCCCCCCCCC)CC(=O)NC(CO)C(O)CCCCCCCCCCCCCC. The van der Waals surface area contributed by atoms with E-state index in [2.05, 4.69) is 38.2 Å². The Labute approximate surface area is 387 Å². The molecule has 0 aliphatic rings. The van der Waals surface area contributed by atoms with Crippen molar-refractivity contribution in [2.75, 3.05) is 6.61 Å². The number of allylic oxidation sites excluding steroid dienone is 2. The van der Waals surface area contributed by atoms with Crippen LogP contribution >= 0.6 is 0 Å². The van der Waals surface area contributed by atoms with Crippen molar-refractivity contribution in [1.82, 2.24) is 5.32 Å². The van der Waals surface area contributed by atoms with Gasteiger partial charge in [-0.05, 0) is 51.4 Å². The van der Waals surface area contributed by atoms with E-state index in [1.807, 2.05) is 0 Å². The van der Waals surface area contributed by atoms with Gasteiger partial charge in [0.2, 0.25) is 5.91 Å².